The van der Waals surface area contributed by atoms with Crippen LogP contribution in [0.15, 0.2) is 42.5 Å². The van der Waals surface area contributed by atoms with Crippen molar-refractivity contribution in [2.75, 3.05) is 6.61 Å². The van der Waals surface area contributed by atoms with Crippen molar-refractivity contribution in [2.45, 2.75) is 55.1 Å². The first-order chi connectivity index (χ1) is 14.7. The number of nitrogens with zero attached hydrogens (tertiary/aromatic N) is 1. The van der Waals surface area contributed by atoms with Crippen LogP contribution >= 0.6 is 0 Å². The van der Waals surface area contributed by atoms with Gasteiger partial charge in [-0.1, -0.05) is 30.3 Å². The molecule has 0 unspecified atom stereocenters. The van der Waals surface area contributed by atoms with E-state index in [-0.39, 0.29) is 5.56 Å². The summed E-state index contributed by atoms with van der Waals surface area (Å²) < 4.78 is 5.38. The molecule has 1 saturated carbocycles. The van der Waals surface area contributed by atoms with Crippen LogP contribution in [0.1, 0.15) is 40.7 Å². The van der Waals surface area contributed by atoms with E-state index in [9.17, 15) is 35.9 Å². The van der Waals surface area contributed by atoms with Gasteiger partial charge in [0.25, 0.3) is 0 Å². The van der Waals surface area contributed by atoms with Gasteiger partial charge >= 0.3 is 0 Å². The Morgan fingerprint density at radius 1 is 0.968 bits per heavy atom. The average Bonchev–Trinajstić information content (AvgIpc) is 3.53. The summed E-state index contributed by atoms with van der Waals surface area (Å²) in [6.45, 7) is -0.672. The summed E-state index contributed by atoms with van der Waals surface area (Å²) in [7, 11) is 0. The Balaban J connectivity index is 1.65. The molecule has 1 heterocycles. The minimum Gasteiger partial charge on any atom is -0.394 e. The molecule has 6 N–H and O–H groups in total. The molecule has 164 valence electrons. The van der Waals surface area contributed by atoms with Crippen molar-refractivity contribution in [1.82, 2.24) is 0 Å². The lowest BCUT2D eigenvalue weighted by atomic mass is 9.86. The molecule has 8 heteroatoms. The van der Waals surface area contributed by atoms with Gasteiger partial charge in [0, 0.05) is 5.56 Å². The number of aliphatic hydroxyl groups excluding tert-OH is 4. The monoisotopic (exact) mass is 427 g/mol. The zero-order chi connectivity index (χ0) is 22.4. The molecule has 1 aliphatic heterocycles. The Labute approximate surface area is 179 Å². The maximum absolute atomic E-state index is 11.0. The van der Waals surface area contributed by atoms with Crippen LogP contribution in [0, 0.1) is 11.3 Å². The normalized spacial score (nSPS) is 31.8. The van der Waals surface area contributed by atoms with Crippen LogP contribution in [0.2, 0.25) is 0 Å². The largest absolute Gasteiger partial charge is 0.394 e. The van der Waals surface area contributed by atoms with Crippen molar-refractivity contribution in [3.8, 4) is 6.07 Å². The molecule has 2 aromatic carbocycles. The molecule has 8 nitrogen and oxygen atoms in total. The Kier molecular flexibility index (Phi) is 5.62. The fourth-order valence-electron chi connectivity index (χ4n) is 4.02. The van der Waals surface area contributed by atoms with Crippen LogP contribution in [0.5, 0.6) is 0 Å². The number of hydrogen-bond donors (Lipinski definition) is 6. The summed E-state index contributed by atoms with van der Waals surface area (Å²) in [6.07, 6.45) is -4.66. The highest BCUT2D eigenvalue weighted by molar-refractivity contribution is 5.45. The van der Waals surface area contributed by atoms with Crippen LogP contribution in [-0.2, 0) is 22.5 Å². The summed E-state index contributed by atoms with van der Waals surface area (Å²) in [5, 5.41) is 70.6. The number of benzene rings is 2. The fraction of sp³-hybridized carbons (Fsp3) is 0.435. The van der Waals surface area contributed by atoms with Gasteiger partial charge in [-0.25, -0.2) is 0 Å². The highest BCUT2D eigenvalue weighted by Gasteiger charge is 2.53. The van der Waals surface area contributed by atoms with Gasteiger partial charge in [-0.05, 0) is 48.1 Å². The molecule has 31 heavy (non-hydrogen) atoms. The van der Waals surface area contributed by atoms with Crippen LogP contribution in [0.25, 0.3) is 0 Å². The average molecular weight is 427 g/mol. The molecule has 0 aromatic heterocycles. The molecule has 0 spiro atoms. The molecule has 0 amide bonds. The fourth-order valence-corrected chi connectivity index (χ4v) is 4.02. The van der Waals surface area contributed by atoms with Crippen LogP contribution in [0.3, 0.4) is 0 Å². The van der Waals surface area contributed by atoms with E-state index in [1.54, 1.807) is 0 Å². The van der Waals surface area contributed by atoms with Crippen molar-refractivity contribution in [3.05, 3.63) is 70.3 Å². The first kappa shape index (κ1) is 21.9. The Morgan fingerprint density at radius 3 is 2.19 bits per heavy atom. The van der Waals surface area contributed by atoms with E-state index in [1.807, 2.05) is 24.3 Å². The maximum Gasteiger partial charge on any atom is 0.222 e. The maximum atomic E-state index is 11.0. The topological polar surface area (TPSA) is 154 Å². The summed E-state index contributed by atoms with van der Waals surface area (Å²) in [5.74, 6) is -2.38. The number of nitriles is 1. The number of hydrogen-bond acceptors (Lipinski definition) is 8. The molecular weight excluding hydrogens is 402 g/mol. The lowest BCUT2D eigenvalue weighted by Gasteiger charge is -2.45. The van der Waals surface area contributed by atoms with E-state index in [0.29, 0.717) is 17.5 Å². The highest BCUT2D eigenvalue weighted by atomic mass is 16.7. The van der Waals surface area contributed by atoms with Gasteiger partial charge in [0.1, 0.15) is 24.4 Å². The van der Waals surface area contributed by atoms with E-state index < -0.39 is 42.4 Å². The first-order valence-corrected chi connectivity index (χ1v) is 10.1. The summed E-state index contributed by atoms with van der Waals surface area (Å²) >= 11 is 0. The second kappa shape index (κ2) is 7.97. The van der Waals surface area contributed by atoms with E-state index in [4.69, 9.17) is 4.74 Å². The molecule has 4 rings (SSSR count). The van der Waals surface area contributed by atoms with Gasteiger partial charge in [-0.3, -0.25) is 0 Å². The summed E-state index contributed by atoms with van der Waals surface area (Å²) in [5.41, 5.74) is 2.00. The van der Waals surface area contributed by atoms with Crippen molar-refractivity contribution >= 4 is 0 Å². The Bertz CT molecular complexity index is 996. The zero-order valence-electron chi connectivity index (χ0n) is 16.7. The predicted molar refractivity (Wildman–Crippen MR) is 107 cm³/mol. The third-order valence-electron chi connectivity index (χ3n) is 6.21. The van der Waals surface area contributed by atoms with Gasteiger partial charge in [-0.15, -0.1) is 0 Å². The van der Waals surface area contributed by atoms with Gasteiger partial charge in [-0.2, -0.15) is 5.26 Å². The third-order valence-corrected chi connectivity index (χ3v) is 6.21. The molecular formula is C23H25NO7. The lowest BCUT2D eigenvalue weighted by molar-refractivity contribution is -0.357. The molecule has 1 saturated heterocycles. The van der Waals surface area contributed by atoms with Crippen LogP contribution < -0.4 is 0 Å². The molecule has 0 radical (unpaired) electrons. The number of rotatable bonds is 5. The molecule has 2 aromatic rings. The second-order valence-corrected chi connectivity index (χ2v) is 8.35. The third kappa shape index (κ3) is 3.86. The molecule has 2 aliphatic rings. The Hall–Kier alpha value is -2.35. The van der Waals surface area contributed by atoms with E-state index in [0.717, 1.165) is 24.0 Å². The molecule has 1 aliphatic carbocycles. The van der Waals surface area contributed by atoms with E-state index in [2.05, 4.69) is 6.07 Å². The Morgan fingerprint density at radius 2 is 1.61 bits per heavy atom. The SMILES string of the molecule is N#Cc1ccc([C@@]2(O)O[C@H](CO)[C@@H](O)[C@H](O)[C@H]2O)cc1Cc1ccc(C2(O)CC2)cc1. The minimum atomic E-state index is -2.38. The van der Waals surface area contributed by atoms with E-state index >= 15 is 0 Å². The quantitative estimate of drug-likeness (QED) is 0.382. The molecule has 0 bridgehead atoms. The van der Waals surface area contributed by atoms with Crippen LogP contribution in [-0.4, -0.2) is 61.7 Å². The number of ether oxygens (including phenoxy) is 1. The van der Waals surface area contributed by atoms with Crippen molar-refractivity contribution in [3.63, 3.8) is 0 Å². The smallest absolute Gasteiger partial charge is 0.222 e. The molecule has 5 atom stereocenters. The van der Waals surface area contributed by atoms with Gasteiger partial charge in [0.15, 0.2) is 0 Å². The standard InChI is InChI=1S/C23H25NO7/c24-11-14-3-6-17(23(30)21(28)20(27)19(26)18(12-25)31-23)10-15(14)9-13-1-4-16(5-2-13)22(29)7-8-22/h1-6,10,18-21,25-30H,7-9,12H2/t18-,19-,20+,21-,23-/m1/s1. The van der Waals surface area contributed by atoms with Gasteiger partial charge in [0.2, 0.25) is 5.79 Å². The summed E-state index contributed by atoms with van der Waals surface area (Å²) in [4.78, 5) is 0. The first-order valence-electron chi connectivity index (χ1n) is 10.1. The van der Waals surface area contributed by atoms with Crippen molar-refractivity contribution in [2.24, 2.45) is 0 Å². The lowest BCUT2D eigenvalue weighted by Crippen LogP contribution is -2.63. The van der Waals surface area contributed by atoms with Gasteiger partial charge < -0.3 is 35.4 Å². The second-order valence-electron chi connectivity index (χ2n) is 8.35. The van der Waals surface area contributed by atoms with Crippen LogP contribution in [0.4, 0.5) is 0 Å². The highest BCUT2D eigenvalue weighted by Crippen LogP contribution is 2.45. The number of aliphatic hydroxyl groups is 6. The van der Waals surface area contributed by atoms with Crippen molar-refractivity contribution in [1.29, 1.82) is 5.26 Å². The van der Waals surface area contributed by atoms with E-state index in [1.165, 1.54) is 18.2 Å². The zero-order valence-corrected chi connectivity index (χ0v) is 16.7. The molecule has 2 fully saturated rings. The summed E-state index contributed by atoms with van der Waals surface area (Å²) in [6, 6.07) is 13.9. The van der Waals surface area contributed by atoms with Crippen molar-refractivity contribution < 1.29 is 35.4 Å². The van der Waals surface area contributed by atoms with Gasteiger partial charge in [0.05, 0.1) is 23.8 Å². The minimum absolute atomic E-state index is 0.0855. The predicted octanol–water partition coefficient (Wildman–Crippen LogP) is -0.251.